The molecule has 0 aliphatic carbocycles. The van der Waals surface area contributed by atoms with Gasteiger partial charge in [-0.1, -0.05) is 28.1 Å². The molecule has 2 aliphatic rings. The van der Waals surface area contributed by atoms with Crippen molar-refractivity contribution in [2.24, 2.45) is 5.92 Å². The Hall–Kier alpha value is -2.14. The molecule has 2 aliphatic heterocycles. The maximum absolute atomic E-state index is 13.0. The molecule has 140 valence electrons. The molecule has 5 heteroatoms. The molecule has 27 heavy (non-hydrogen) atoms. The number of carbonyl (C=O) groups excluding carboxylic acids is 2. The smallest absolute Gasteiger partial charge is 0.226 e. The standard InChI is InChI=1S/C22H23BrN2O2/c23-21-3-1-2-18-14-25(13-10-20(18)21)22(27)17-8-11-24(12-9-17)19-6-4-16(15-26)5-7-19/h1-7,15,17H,8-14H2. The van der Waals surface area contributed by atoms with Crippen LogP contribution in [0.25, 0.3) is 0 Å². The Morgan fingerprint density at radius 3 is 2.48 bits per heavy atom. The molecule has 1 fully saturated rings. The van der Waals surface area contributed by atoms with E-state index in [4.69, 9.17) is 0 Å². The minimum Gasteiger partial charge on any atom is -0.371 e. The number of halogens is 1. The van der Waals surface area contributed by atoms with Gasteiger partial charge in [0.15, 0.2) is 0 Å². The molecule has 2 heterocycles. The quantitative estimate of drug-likeness (QED) is 0.694. The summed E-state index contributed by atoms with van der Waals surface area (Å²) in [5.41, 5.74) is 4.43. The lowest BCUT2D eigenvalue weighted by molar-refractivity contribution is -0.137. The summed E-state index contributed by atoms with van der Waals surface area (Å²) in [6.45, 7) is 3.29. The van der Waals surface area contributed by atoms with Gasteiger partial charge in [0.05, 0.1) is 0 Å². The Labute approximate surface area is 168 Å². The number of aldehydes is 1. The zero-order valence-electron chi connectivity index (χ0n) is 15.2. The number of piperidine rings is 1. The Kier molecular flexibility index (Phi) is 5.30. The zero-order chi connectivity index (χ0) is 18.8. The Morgan fingerprint density at radius 1 is 1.04 bits per heavy atom. The van der Waals surface area contributed by atoms with E-state index in [0.29, 0.717) is 11.5 Å². The Balaban J connectivity index is 1.36. The van der Waals surface area contributed by atoms with E-state index in [1.165, 1.54) is 11.1 Å². The van der Waals surface area contributed by atoms with Crippen LogP contribution in [0.2, 0.25) is 0 Å². The Bertz CT molecular complexity index is 842. The topological polar surface area (TPSA) is 40.6 Å². The maximum Gasteiger partial charge on any atom is 0.226 e. The summed E-state index contributed by atoms with van der Waals surface area (Å²) in [5, 5.41) is 0. The number of carbonyl (C=O) groups is 2. The molecule has 0 saturated carbocycles. The fraction of sp³-hybridized carbons (Fsp3) is 0.364. The number of amides is 1. The maximum atomic E-state index is 13.0. The molecule has 1 amide bonds. The van der Waals surface area contributed by atoms with Crippen molar-refractivity contribution < 1.29 is 9.59 Å². The van der Waals surface area contributed by atoms with E-state index in [-0.39, 0.29) is 5.92 Å². The van der Waals surface area contributed by atoms with E-state index in [1.807, 2.05) is 35.2 Å². The van der Waals surface area contributed by atoms with E-state index in [1.54, 1.807) is 0 Å². The minimum absolute atomic E-state index is 0.115. The van der Waals surface area contributed by atoms with Crippen LogP contribution < -0.4 is 4.90 Å². The third kappa shape index (κ3) is 3.79. The van der Waals surface area contributed by atoms with Crippen LogP contribution in [0.4, 0.5) is 5.69 Å². The lowest BCUT2D eigenvalue weighted by atomic mass is 9.92. The van der Waals surface area contributed by atoms with Crippen molar-refractivity contribution in [1.82, 2.24) is 4.90 Å². The summed E-state index contributed by atoms with van der Waals surface area (Å²) in [4.78, 5) is 28.2. The van der Waals surface area contributed by atoms with Crippen LogP contribution in [-0.2, 0) is 17.8 Å². The first-order chi connectivity index (χ1) is 13.2. The summed E-state index contributed by atoms with van der Waals surface area (Å²) < 4.78 is 1.15. The third-order valence-corrected chi connectivity index (χ3v) is 6.50. The zero-order valence-corrected chi connectivity index (χ0v) is 16.8. The first-order valence-corrected chi connectivity index (χ1v) is 10.3. The van der Waals surface area contributed by atoms with Gasteiger partial charge in [0.2, 0.25) is 5.91 Å². The van der Waals surface area contributed by atoms with Crippen LogP contribution in [0.5, 0.6) is 0 Å². The summed E-state index contributed by atoms with van der Waals surface area (Å²) in [6.07, 6.45) is 3.56. The molecular weight excluding hydrogens is 404 g/mol. The van der Waals surface area contributed by atoms with Crippen LogP contribution in [0.15, 0.2) is 46.9 Å². The van der Waals surface area contributed by atoms with Crippen molar-refractivity contribution in [3.8, 4) is 0 Å². The summed E-state index contributed by atoms with van der Waals surface area (Å²) in [7, 11) is 0. The second kappa shape index (κ2) is 7.85. The van der Waals surface area contributed by atoms with E-state index in [9.17, 15) is 9.59 Å². The number of anilines is 1. The molecule has 4 rings (SSSR count). The molecule has 0 N–H and O–H groups in total. The van der Waals surface area contributed by atoms with Gasteiger partial charge < -0.3 is 9.80 Å². The molecule has 0 aromatic heterocycles. The number of hydrogen-bond donors (Lipinski definition) is 0. The van der Waals surface area contributed by atoms with Crippen LogP contribution in [-0.4, -0.2) is 36.7 Å². The molecule has 2 aromatic rings. The average molecular weight is 427 g/mol. The normalized spacial score (nSPS) is 17.5. The number of fused-ring (bicyclic) bond motifs is 1. The van der Waals surface area contributed by atoms with Crippen LogP contribution >= 0.6 is 15.9 Å². The second-order valence-electron chi connectivity index (χ2n) is 7.36. The van der Waals surface area contributed by atoms with E-state index in [2.05, 4.69) is 33.0 Å². The fourth-order valence-corrected chi connectivity index (χ4v) is 4.76. The lowest BCUT2D eigenvalue weighted by Gasteiger charge is -2.37. The molecular formula is C22H23BrN2O2. The van der Waals surface area contributed by atoms with Crippen LogP contribution in [0, 0.1) is 5.92 Å². The molecule has 4 nitrogen and oxygen atoms in total. The monoisotopic (exact) mass is 426 g/mol. The molecule has 1 saturated heterocycles. The highest BCUT2D eigenvalue weighted by atomic mass is 79.9. The van der Waals surface area contributed by atoms with Crippen molar-refractivity contribution >= 4 is 33.8 Å². The molecule has 0 unspecified atom stereocenters. The van der Waals surface area contributed by atoms with E-state index < -0.39 is 0 Å². The minimum atomic E-state index is 0.115. The van der Waals surface area contributed by atoms with Crippen LogP contribution in [0.3, 0.4) is 0 Å². The van der Waals surface area contributed by atoms with Gasteiger partial charge in [0.25, 0.3) is 0 Å². The van der Waals surface area contributed by atoms with Crippen molar-refractivity contribution in [3.63, 3.8) is 0 Å². The molecule has 0 spiro atoms. The van der Waals surface area contributed by atoms with Gasteiger partial charge >= 0.3 is 0 Å². The first kappa shape index (κ1) is 18.2. The highest BCUT2D eigenvalue weighted by Gasteiger charge is 2.30. The largest absolute Gasteiger partial charge is 0.371 e. The van der Waals surface area contributed by atoms with Gasteiger partial charge in [0.1, 0.15) is 6.29 Å². The predicted octanol–water partition coefficient (Wildman–Crippen LogP) is 4.06. The highest BCUT2D eigenvalue weighted by molar-refractivity contribution is 9.10. The summed E-state index contributed by atoms with van der Waals surface area (Å²) in [5.74, 6) is 0.417. The number of hydrogen-bond acceptors (Lipinski definition) is 3. The fourth-order valence-electron chi connectivity index (χ4n) is 4.16. The van der Waals surface area contributed by atoms with Gasteiger partial charge in [-0.05, 0) is 60.7 Å². The van der Waals surface area contributed by atoms with E-state index >= 15 is 0 Å². The summed E-state index contributed by atoms with van der Waals surface area (Å²) in [6, 6.07) is 13.9. The van der Waals surface area contributed by atoms with Crippen LogP contribution in [0.1, 0.15) is 34.3 Å². The average Bonchev–Trinajstić information content (AvgIpc) is 2.73. The molecule has 0 bridgehead atoms. The SMILES string of the molecule is O=Cc1ccc(N2CCC(C(=O)N3CCc4c(Br)cccc4C3)CC2)cc1. The first-order valence-electron chi connectivity index (χ1n) is 9.51. The Morgan fingerprint density at radius 2 is 1.78 bits per heavy atom. The van der Waals surface area contributed by atoms with Gasteiger partial charge in [-0.15, -0.1) is 0 Å². The van der Waals surface area contributed by atoms with Crippen molar-refractivity contribution in [2.45, 2.75) is 25.8 Å². The predicted molar refractivity (Wildman–Crippen MR) is 110 cm³/mol. The molecule has 0 atom stereocenters. The second-order valence-corrected chi connectivity index (χ2v) is 8.21. The van der Waals surface area contributed by atoms with Gasteiger partial charge in [-0.2, -0.15) is 0 Å². The van der Waals surface area contributed by atoms with Gasteiger partial charge in [-0.25, -0.2) is 0 Å². The number of nitrogens with zero attached hydrogens (tertiary/aromatic N) is 2. The van der Waals surface area contributed by atoms with Gasteiger partial charge in [0, 0.05) is 47.8 Å². The van der Waals surface area contributed by atoms with Gasteiger partial charge in [-0.3, -0.25) is 9.59 Å². The molecule has 2 aromatic carbocycles. The van der Waals surface area contributed by atoms with E-state index in [0.717, 1.165) is 61.9 Å². The lowest BCUT2D eigenvalue weighted by Crippen LogP contribution is -2.44. The third-order valence-electron chi connectivity index (χ3n) is 5.76. The van der Waals surface area contributed by atoms with Crippen molar-refractivity contribution in [3.05, 3.63) is 63.6 Å². The highest BCUT2D eigenvalue weighted by Crippen LogP contribution is 2.29. The van der Waals surface area contributed by atoms with Crippen molar-refractivity contribution in [2.75, 3.05) is 24.5 Å². The number of rotatable bonds is 3. The van der Waals surface area contributed by atoms with Crippen molar-refractivity contribution in [1.29, 1.82) is 0 Å². The number of benzene rings is 2. The summed E-state index contributed by atoms with van der Waals surface area (Å²) >= 11 is 3.63. The molecule has 0 radical (unpaired) electrons.